The maximum absolute atomic E-state index is 11.3. The fourth-order valence-corrected chi connectivity index (χ4v) is 3.23. The van der Waals surface area contributed by atoms with Gasteiger partial charge >= 0.3 is 12.1 Å². The third-order valence-corrected chi connectivity index (χ3v) is 4.14. The van der Waals surface area contributed by atoms with Gasteiger partial charge in [0.1, 0.15) is 11.8 Å². The van der Waals surface area contributed by atoms with Crippen molar-refractivity contribution in [2.45, 2.75) is 38.1 Å². The van der Waals surface area contributed by atoms with Crippen LogP contribution < -0.4 is 0 Å². The number of nitrogens with zero attached hydrogens (tertiary/aromatic N) is 1. The van der Waals surface area contributed by atoms with Crippen LogP contribution in [0.15, 0.2) is 0 Å². The Balaban J connectivity index is 2.10. The molecule has 1 saturated heterocycles. The van der Waals surface area contributed by atoms with Crippen LogP contribution in [0.5, 0.6) is 0 Å². The number of carboxylic acid groups (broad SMARTS) is 2. The molecule has 18 heavy (non-hydrogen) atoms. The molecule has 2 N–H and O–H groups in total. The summed E-state index contributed by atoms with van der Waals surface area (Å²) in [6.45, 7) is 0.279. The van der Waals surface area contributed by atoms with Crippen molar-refractivity contribution in [3.05, 3.63) is 0 Å². The van der Waals surface area contributed by atoms with Crippen molar-refractivity contribution in [1.82, 2.24) is 4.90 Å². The molecule has 0 aromatic heterocycles. The topological polar surface area (TPSA) is 94.9 Å². The summed E-state index contributed by atoms with van der Waals surface area (Å²) in [5, 5.41) is 18.2. The summed E-state index contributed by atoms with van der Waals surface area (Å²) in [6.07, 6.45) is 1.81. The number of hydrogen-bond donors (Lipinski definition) is 2. The van der Waals surface area contributed by atoms with Crippen LogP contribution in [0, 0.1) is 11.8 Å². The Labute approximate surface area is 105 Å². The number of carbonyl (C=O) groups is 3. The van der Waals surface area contributed by atoms with E-state index in [1.54, 1.807) is 0 Å². The molecule has 0 aromatic carbocycles. The molecular weight excluding hydrogens is 238 g/mol. The first-order valence-corrected chi connectivity index (χ1v) is 6.24. The lowest BCUT2D eigenvalue weighted by Gasteiger charge is -2.30. The average molecular weight is 255 g/mol. The third-order valence-electron chi connectivity index (χ3n) is 4.14. The first kappa shape index (κ1) is 12.9. The number of likely N-dealkylation sites (tertiary alicyclic amines) is 1. The minimum Gasteiger partial charge on any atom is -0.480 e. The van der Waals surface area contributed by atoms with Crippen molar-refractivity contribution < 1.29 is 24.6 Å². The minimum absolute atomic E-state index is 0.147. The zero-order valence-electron chi connectivity index (χ0n) is 10.0. The summed E-state index contributed by atoms with van der Waals surface area (Å²) >= 11 is 0. The molecule has 0 unspecified atom stereocenters. The number of rotatable bonds is 2. The van der Waals surface area contributed by atoms with Crippen molar-refractivity contribution in [2.24, 2.45) is 11.8 Å². The second-order valence-corrected chi connectivity index (χ2v) is 5.09. The van der Waals surface area contributed by atoms with Gasteiger partial charge in [0.2, 0.25) is 0 Å². The van der Waals surface area contributed by atoms with E-state index in [1.165, 1.54) is 0 Å². The van der Waals surface area contributed by atoms with E-state index in [1.807, 2.05) is 0 Å². The van der Waals surface area contributed by atoms with Gasteiger partial charge in [-0.3, -0.25) is 9.69 Å². The maximum Gasteiger partial charge on any atom is 0.408 e. The molecule has 2 rings (SSSR count). The first-order chi connectivity index (χ1) is 8.50. The Morgan fingerprint density at radius 2 is 1.72 bits per heavy atom. The largest absolute Gasteiger partial charge is 0.480 e. The van der Waals surface area contributed by atoms with Gasteiger partial charge in [-0.1, -0.05) is 0 Å². The summed E-state index contributed by atoms with van der Waals surface area (Å²) in [4.78, 5) is 34.5. The Hall–Kier alpha value is -1.59. The van der Waals surface area contributed by atoms with Crippen LogP contribution in [0.1, 0.15) is 32.1 Å². The lowest BCUT2D eigenvalue weighted by Crippen LogP contribution is -2.44. The lowest BCUT2D eigenvalue weighted by atomic mass is 9.76. The van der Waals surface area contributed by atoms with Crippen LogP contribution in [-0.4, -0.2) is 45.5 Å². The molecule has 0 radical (unpaired) electrons. The van der Waals surface area contributed by atoms with Gasteiger partial charge in [-0.2, -0.15) is 0 Å². The second-order valence-electron chi connectivity index (χ2n) is 5.09. The smallest absolute Gasteiger partial charge is 0.408 e. The molecule has 2 fully saturated rings. The highest BCUT2D eigenvalue weighted by atomic mass is 16.4. The summed E-state index contributed by atoms with van der Waals surface area (Å²) < 4.78 is 0. The standard InChI is InChI=1S/C12H17NO5/c14-8-3-1-7(2-4-8)9-5-6-13(12(17)18)10(9)11(15)16/h7,9-10H,1-6H2,(H,15,16)(H,17,18)/t9-,10-/m0/s1. The van der Waals surface area contributed by atoms with Gasteiger partial charge in [-0.15, -0.1) is 0 Å². The summed E-state index contributed by atoms with van der Waals surface area (Å²) in [7, 11) is 0. The van der Waals surface area contributed by atoms with E-state index in [2.05, 4.69) is 0 Å². The Morgan fingerprint density at radius 1 is 1.11 bits per heavy atom. The van der Waals surface area contributed by atoms with E-state index in [-0.39, 0.29) is 24.2 Å². The Kier molecular flexibility index (Phi) is 3.54. The van der Waals surface area contributed by atoms with Crippen LogP contribution >= 0.6 is 0 Å². The predicted molar refractivity (Wildman–Crippen MR) is 61.2 cm³/mol. The molecule has 6 heteroatoms. The number of ketones is 1. The van der Waals surface area contributed by atoms with E-state index >= 15 is 0 Å². The predicted octanol–water partition coefficient (Wildman–Crippen LogP) is 1.20. The molecule has 100 valence electrons. The van der Waals surface area contributed by atoms with Crippen molar-refractivity contribution in [3.8, 4) is 0 Å². The van der Waals surface area contributed by atoms with Gasteiger partial charge in [0, 0.05) is 19.4 Å². The van der Waals surface area contributed by atoms with Crippen LogP contribution in [0.4, 0.5) is 4.79 Å². The van der Waals surface area contributed by atoms with E-state index in [4.69, 9.17) is 5.11 Å². The van der Waals surface area contributed by atoms with Gasteiger partial charge in [0.15, 0.2) is 0 Å². The average Bonchev–Trinajstić information content (AvgIpc) is 2.74. The van der Waals surface area contributed by atoms with Gasteiger partial charge in [-0.05, 0) is 31.1 Å². The highest BCUT2D eigenvalue weighted by Gasteiger charge is 2.45. The van der Waals surface area contributed by atoms with E-state index < -0.39 is 18.1 Å². The fourth-order valence-electron chi connectivity index (χ4n) is 3.23. The molecule has 1 aliphatic heterocycles. The number of Topliss-reactive ketones (excluding diaryl/α,β-unsaturated/α-hetero) is 1. The SMILES string of the molecule is O=C1CCC([C@@H]2CCN(C(=O)O)[C@@H]2C(=O)O)CC1. The van der Waals surface area contributed by atoms with Gasteiger partial charge < -0.3 is 10.2 Å². The third kappa shape index (κ3) is 2.32. The molecule has 0 spiro atoms. The number of carboxylic acids is 1. The Morgan fingerprint density at radius 3 is 2.22 bits per heavy atom. The van der Waals surface area contributed by atoms with Crippen LogP contribution in [0.2, 0.25) is 0 Å². The molecule has 0 bridgehead atoms. The minimum atomic E-state index is -1.17. The lowest BCUT2D eigenvalue weighted by molar-refractivity contribution is -0.143. The number of aliphatic carboxylic acids is 1. The van der Waals surface area contributed by atoms with E-state index in [0.29, 0.717) is 32.1 Å². The molecular formula is C12H17NO5. The molecule has 1 aliphatic carbocycles. The van der Waals surface area contributed by atoms with Crippen molar-refractivity contribution in [2.75, 3.05) is 6.54 Å². The molecule has 1 heterocycles. The van der Waals surface area contributed by atoms with Crippen LogP contribution in [0.3, 0.4) is 0 Å². The molecule has 0 aromatic rings. The molecule has 6 nitrogen and oxygen atoms in total. The van der Waals surface area contributed by atoms with Gasteiger partial charge in [-0.25, -0.2) is 9.59 Å². The quantitative estimate of drug-likeness (QED) is 0.773. The molecule has 1 saturated carbocycles. The monoisotopic (exact) mass is 255 g/mol. The molecule has 2 aliphatic rings. The first-order valence-electron chi connectivity index (χ1n) is 6.24. The zero-order chi connectivity index (χ0) is 13.3. The highest BCUT2D eigenvalue weighted by Crippen LogP contribution is 2.38. The normalized spacial score (nSPS) is 29.6. The second kappa shape index (κ2) is 4.96. The number of amides is 1. The van der Waals surface area contributed by atoms with Gasteiger partial charge in [0.25, 0.3) is 0 Å². The maximum atomic E-state index is 11.3. The number of hydrogen-bond acceptors (Lipinski definition) is 3. The summed E-state index contributed by atoms with van der Waals surface area (Å²) in [5.41, 5.74) is 0. The summed E-state index contributed by atoms with van der Waals surface area (Å²) in [6, 6.07) is -0.944. The zero-order valence-corrected chi connectivity index (χ0v) is 10.0. The van der Waals surface area contributed by atoms with Crippen molar-refractivity contribution in [3.63, 3.8) is 0 Å². The molecule has 2 atom stereocenters. The van der Waals surface area contributed by atoms with Crippen LogP contribution in [0.25, 0.3) is 0 Å². The highest BCUT2D eigenvalue weighted by molar-refractivity contribution is 5.81. The van der Waals surface area contributed by atoms with Crippen LogP contribution in [-0.2, 0) is 9.59 Å². The number of carbonyl (C=O) groups excluding carboxylic acids is 1. The van der Waals surface area contributed by atoms with Crippen molar-refractivity contribution in [1.29, 1.82) is 0 Å². The Bertz CT molecular complexity index is 371. The fraction of sp³-hybridized carbons (Fsp3) is 0.750. The van der Waals surface area contributed by atoms with Crippen molar-refractivity contribution >= 4 is 17.8 Å². The van der Waals surface area contributed by atoms with Gasteiger partial charge in [0.05, 0.1) is 0 Å². The molecule has 1 amide bonds. The summed E-state index contributed by atoms with van der Waals surface area (Å²) in [5.74, 6) is -0.831. The van der Waals surface area contributed by atoms with E-state index in [9.17, 15) is 19.5 Å². The van der Waals surface area contributed by atoms with E-state index in [0.717, 1.165) is 4.90 Å².